The Bertz CT molecular complexity index is 593. The number of phenolic OH excluding ortho intramolecular Hbond substituents is 1. The summed E-state index contributed by atoms with van der Waals surface area (Å²) < 4.78 is 0. The Morgan fingerprint density at radius 3 is 2.00 bits per heavy atom. The highest BCUT2D eigenvalue weighted by atomic mass is 16.3. The third-order valence-electron chi connectivity index (χ3n) is 3.33. The van der Waals surface area contributed by atoms with Gasteiger partial charge in [0.2, 0.25) is 0 Å². The number of hydrogen-bond donors (Lipinski definition) is 1. The minimum absolute atomic E-state index is 0.185. The summed E-state index contributed by atoms with van der Waals surface area (Å²) in [4.78, 5) is 0. The van der Waals surface area contributed by atoms with E-state index in [0.29, 0.717) is 5.75 Å². The summed E-state index contributed by atoms with van der Waals surface area (Å²) in [6, 6.07) is 14.2. The second kappa shape index (κ2) is 5.54. The van der Waals surface area contributed by atoms with Crippen molar-refractivity contribution in [2.45, 2.75) is 33.1 Å². The van der Waals surface area contributed by atoms with E-state index in [2.05, 4.69) is 57.2 Å². The van der Waals surface area contributed by atoms with E-state index in [9.17, 15) is 5.11 Å². The van der Waals surface area contributed by atoms with Crippen LogP contribution in [0.4, 0.5) is 0 Å². The van der Waals surface area contributed by atoms with Crippen LogP contribution in [0, 0.1) is 6.92 Å². The summed E-state index contributed by atoms with van der Waals surface area (Å²) in [5, 5.41) is 9.58. The SMILES string of the molecule is Cc1cc(O)cc(C=Cc2ccc(C(C)(C)C)cc2)c1. The molecule has 2 rings (SSSR count). The van der Waals surface area contributed by atoms with Crippen molar-refractivity contribution in [2.24, 2.45) is 0 Å². The second-order valence-corrected chi connectivity index (χ2v) is 6.31. The largest absolute Gasteiger partial charge is 0.508 e. The predicted octanol–water partition coefficient (Wildman–Crippen LogP) is 5.17. The fourth-order valence-electron chi connectivity index (χ4n) is 2.17. The first-order valence-corrected chi connectivity index (χ1v) is 6.94. The molecule has 104 valence electrons. The standard InChI is InChI=1S/C19H22O/c1-14-11-16(13-18(20)12-14)6-5-15-7-9-17(10-8-15)19(2,3)4/h5-13,20H,1-4H3. The summed E-state index contributed by atoms with van der Waals surface area (Å²) >= 11 is 0. The van der Waals surface area contributed by atoms with E-state index < -0.39 is 0 Å². The zero-order valence-corrected chi connectivity index (χ0v) is 12.6. The zero-order valence-electron chi connectivity index (χ0n) is 12.6. The van der Waals surface area contributed by atoms with Crippen LogP contribution >= 0.6 is 0 Å². The Labute approximate surface area is 121 Å². The molecule has 0 aromatic heterocycles. The molecule has 0 bridgehead atoms. The molecule has 0 heterocycles. The van der Waals surface area contributed by atoms with Crippen molar-refractivity contribution in [3.05, 3.63) is 64.7 Å². The minimum atomic E-state index is 0.185. The second-order valence-electron chi connectivity index (χ2n) is 6.31. The van der Waals surface area contributed by atoms with Crippen molar-refractivity contribution in [1.29, 1.82) is 0 Å². The number of rotatable bonds is 2. The van der Waals surface area contributed by atoms with E-state index in [1.165, 1.54) is 11.1 Å². The summed E-state index contributed by atoms with van der Waals surface area (Å²) in [6.07, 6.45) is 4.10. The molecule has 0 saturated carbocycles. The van der Waals surface area contributed by atoms with Gasteiger partial charge in [-0.15, -0.1) is 0 Å². The maximum Gasteiger partial charge on any atom is 0.116 e. The first-order valence-electron chi connectivity index (χ1n) is 6.94. The molecule has 0 aliphatic carbocycles. The number of hydrogen-bond acceptors (Lipinski definition) is 1. The summed E-state index contributed by atoms with van der Waals surface area (Å²) in [5.74, 6) is 0.313. The first kappa shape index (κ1) is 14.4. The molecule has 0 amide bonds. The third kappa shape index (κ3) is 3.74. The van der Waals surface area contributed by atoms with Gasteiger partial charge in [0, 0.05) is 0 Å². The third-order valence-corrected chi connectivity index (χ3v) is 3.33. The molecule has 0 radical (unpaired) electrons. The van der Waals surface area contributed by atoms with Gasteiger partial charge in [0.05, 0.1) is 0 Å². The molecule has 0 unspecified atom stereocenters. The maximum absolute atomic E-state index is 9.58. The van der Waals surface area contributed by atoms with Crippen LogP contribution < -0.4 is 0 Å². The quantitative estimate of drug-likeness (QED) is 0.744. The van der Waals surface area contributed by atoms with Crippen LogP contribution in [0.1, 0.15) is 43.0 Å². The molecular formula is C19H22O. The van der Waals surface area contributed by atoms with Crippen LogP contribution in [0.3, 0.4) is 0 Å². The number of phenols is 1. The van der Waals surface area contributed by atoms with E-state index >= 15 is 0 Å². The van der Waals surface area contributed by atoms with Crippen molar-refractivity contribution in [2.75, 3.05) is 0 Å². The van der Waals surface area contributed by atoms with Crippen molar-refractivity contribution in [3.63, 3.8) is 0 Å². The average molecular weight is 266 g/mol. The molecule has 2 aromatic rings. The van der Waals surface area contributed by atoms with Crippen molar-refractivity contribution in [1.82, 2.24) is 0 Å². The molecule has 0 fully saturated rings. The van der Waals surface area contributed by atoms with E-state index in [0.717, 1.165) is 11.1 Å². The van der Waals surface area contributed by atoms with Crippen molar-refractivity contribution < 1.29 is 5.11 Å². The summed E-state index contributed by atoms with van der Waals surface area (Å²) in [6.45, 7) is 8.63. The molecule has 1 nitrogen and oxygen atoms in total. The fourth-order valence-corrected chi connectivity index (χ4v) is 2.17. The average Bonchev–Trinajstić information content (AvgIpc) is 2.35. The van der Waals surface area contributed by atoms with Crippen LogP contribution in [-0.4, -0.2) is 5.11 Å². The number of benzene rings is 2. The van der Waals surface area contributed by atoms with E-state index in [1.807, 2.05) is 13.0 Å². The molecule has 0 aliphatic heterocycles. The van der Waals surface area contributed by atoms with E-state index in [1.54, 1.807) is 12.1 Å². The highest BCUT2D eigenvalue weighted by Crippen LogP contribution is 2.23. The Morgan fingerprint density at radius 1 is 0.850 bits per heavy atom. The van der Waals surface area contributed by atoms with Gasteiger partial charge in [-0.1, -0.05) is 63.3 Å². The molecule has 0 atom stereocenters. The van der Waals surface area contributed by atoms with Gasteiger partial charge in [0.25, 0.3) is 0 Å². The normalized spacial score (nSPS) is 12.0. The molecule has 20 heavy (non-hydrogen) atoms. The monoisotopic (exact) mass is 266 g/mol. The van der Waals surface area contributed by atoms with Gasteiger partial charge in [-0.05, 0) is 46.7 Å². The van der Waals surface area contributed by atoms with E-state index in [-0.39, 0.29) is 5.41 Å². The Kier molecular flexibility index (Phi) is 3.99. The van der Waals surface area contributed by atoms with Gasteiger partial charge < -0.3 is 5.11 Å². The Morgan fingerprint density at radius 2 is 1.45 bits per heavy atom. The molecule has 0 saturated heterocycles. The molecule has 2 aromatic carbocycles. The minimum Gasteiger partial charge on any atom is -0.508 e. The number of aromatic hydroxyl groups is 1. The van der Waals surface area contributed by atoms with Gasteiger partial charge in [-0.2, -0.15) is 0 Å². The van der Waals surface area contributed by atoms with Crippen LogP contribution in [-0.2, 0) is 5.41 Å². The lowest BCUT2D eigenvalue weighted by Crippen LogP contribution is -2.10. The topological polar surface area (TPSA) is 20.2 Å². The highest BCUT2D eigenvalue weighted by Gasteiger charge is 2.12. The first-order chi connectivity index (χ1) is 9.34. The fraction of sp³-hybridized carbons (Fsp3) is 0.263. The van der Waals surface area contributed by atoms with Gasteiger partial charge in [0.15, 0.2) is 0 Å². The lowest BCUT2D eigenvalue weighted by molar-refractivity contribution is 0.475. The highest BCUT2D eigenvalue weighted by molar-refractivity contribution is 5.70. The number of aryl methyl sites for hydroxylation is 1. The molecular weight excluding hydrogens is 244 g/mol. The molecule has 1 heteroatoms. The van der Waals surface area contributed by atoms with Gasteiger partial charge >= 0.3 is 0 Å². The summed E-state index contributed by atoms with van der Waals surface area (Å²) in [5.41, 5.74) is 4.77. The van der Waals surface area contributed by atoms with Gasteiger partial charge in [0.1, 0.15) is 5.75 Å². The van der Waals surface area contributed by atoms with Crippen LogP contribution in [0.5, 0.6) is 5.75 Å². The van der Waals surface area contributed by atoms with Gasteiger partial charge in [-0.3, -0.25) is 0 Å². The van der Waals surface area contributed by atoms with Crippen LogP contribution in [0.25, 0.3) is 12.2 Å². The zero-order chi connectivity index (χ0) is 14.8. The van der Waals surface area contributed by atoms with Gasteiger partial charge in [-0.25, -0.2) is 0 Å². The smallest absolute Gasteiger partial charge is 0.116 e. The maximum atomic E-state index is 9.58. The summed E-state index contributed by atoms with van der Waals surface area (Å²) in [7, 11) is 0. The van der Waals surface area contributed by atoms with Crippen molar-refractivity contribution >= 4 is 12.2 Å². The van der Waals surface area contributed by atoms with E-state index in [4.69, 9.17) is 0 Å². The Hall–Kier alpha value is -2.02. The van der Waals surface area contributed by atoms with Crippen LogP contribution in [0.15, 0.2) is 42.5 Å². The van der Waals surface area contributed by atoms with Crippen LogP contribution in [0.2, 0.25) is 0 Å². The lowest BCUT2D eigenvalue weighted by atomic mass is 9.87. The van der Waals surface area contributed by atoms with Crippen molar-refractivity contribution in [3.8, 4) is 5.75 Å². The predicted molar refractivity (Wildman–Crippen MR) is 86.9 cm³/mol. The molecule has 0 spiro atoms. The lowest BCUT2D eigenvalue weighted by Gasteiger charge is -2.18. The molecule has 0 aliphatic rings. The Balaban J connectivity index is 2.19. The molecule has 1 N–H and O–H groups in total.